The molecule has 0 aromatic heterocycles. The number of amides is 2. The molecule has 2 aliphatic rings. The fourth-order valence-electron chi connectivity index (χ4n) is 3.03. The zero-order valence-corrected chi connectivity index (χ0v) is 11.4. The first kappa shape index (κ1) is 13.2. The van der Waals surface area contributed by atoms with Gasteiger partial charge in [0.2, 0.25) is 0 Å². The fraction of sp³-hybridized carbons (Fsp3) is 0.846. The standard InChI is InChI=1S/C13H22N2O3/c1-4-6-10(16)18-11-13(7-5-8-13)9-14(2)12(17)15(11)3/h11H,4-9H2,1-3H3. The van der Waals surface area contributed by atoms with Crippen LogP contribution in [0.3, 0.4) is 0 Å². The quantitative estimate of drug-likeness (QED) is 0.722. The van der Waals surface area contributed by atoms with Crippen LogP contribution in [0.4, 0.5) is 4.79 Å². The van der Waals surface area contributed by atoms with Crippen LogP contribution in [0.25, 0.3) is 0 Å². The smallest absolute Gasteiger partial charge is 0.322 e. The Kier molecular flexibility index (Phi) is 3.50. The summed E-state index contributed by atoms with van der Waals surface area (Å²) in [4.78, 5) is 27.0. The number of nitrogens with zero attached hydrogens (tertiary/aromatic N) is 2. The molecule has 1 saturated heterocycles. The minimum atomic E-state index is -0.381. The Labute approximate surface area is 108 Å². The van der Waals surface area contributed by atoms with E-state index in [9.17, 15) is 9.59 Å². The van der Waals surface area contributed by atoms with Gasteiger partial charge in [-0.3, -0.25) is 9.69 Å². The number of ether oxygens (including phenoxy) is 1. The van der Waals surface area contributed by atoms with Gasteiger partial charge in [0.15, 0.2) is 6.23 Å². The average Bonchev–Trinajstić information content (AvgIpc) is 2.28. The van der Waals surface area contributed by atoms with Gasteiger partial charge in [-0.05, 0) is 19.3 Å². The van der Waals surface area contributed by atoms with Gasteiger partial charge in [-0.2, -0.15) is 0 Å². The second kappa shape index (κ2) is 4.78. The van der Waals surface area contributed by atoms with Crippen molar-refractivity contribution in [2.24, 2.45) is 5.41 Å². The van der Waals surface area contributed by atoms with Gasteiger partial charge in [0.25, 0.3) is 0 Å². The molecule has 1 heterocycles. The van der Waals surface area contributed by atoms with E-state index >= 15 is 0 Å². The average molecular weight is 254 g/mol. The fourth-order valence-corrected chi connectivity index (χ4v) is 3.03. The first-order chi connectivity index (χ1) is 8.50. The van der Waals surface area contributed by atoms with Crippen LogP contribution >= 0.6 is 0 Å². The molecule has 1 atom stereocenters. The molecule has 1 aliphatic heterocycles. The third-order valence-corrected chi connectivity index (χ3v) is 4.10. The molecule has 2 rings (SSSR count). The van der Waals surface area contributed by atoms with Gasteiger partial charge in [0.05, 0.1) is 0 Å². The summed E-state index contributed by atoms with van der Waals surface area (Å²) in [7, 11) is 3.53. The number of carbonyl (C=O) groups is 2. The largest absolute Gasteiger partial charge is 0.441 e. The number of urea groups is 1. The SMILES string of the molecule is CCCC(=O)OC1N(C)C(=O)N(C)CC12CCC2. The molecule has 1 unspecified atom stereocenters. The van der Waals surface area contributed by atoms with E-state index in [1.807, 2.05) is 14.0 Å². The van der Waals surface area contributed by atoms with Crippen LogP contribution in [-0.2, 0) is 9.53 Å². The van der Waals surface area contributed by atoms with E-state index in [-0.39, 0.29) is 23.6 Å². The van der Waals surface area contributed by atoms with Crippen LogP contribution in [0.15, 0.2) is 0 Å². The lowest BCUT2D eigenvalue weighted by molar-refractivity contribution is -0.188. The van der Waals surface area contributed by atoms with E-state index in [1.165, 1.54) is 0 Å². The van der Waals surface area contributed by atoms with E-state index in [0.29, 0.717) is 13.0 Å². The number of carbonyl (C=O) groups excluding carboxylic acids is 2. The third-order valence-electron chi connectivity index (χ3n) is 4.10. The monoisotopic (exact) mass is 254 g/mol. The van der Waals surface area contributed by atoms with Crippen molar-refractivity contribution in [3.8, 4) is 0 Å². The minimum Gasteiger partial charge on any atom is -0.441 e. The van der Waals surface area contributed by atoms with Crippen molar-refractivity contribution in [1.82, 2.24) is 9.80 Å². The number of hydrogen-bond acceptors (Lipinski definition) is 3. The van der Waals surface area contributed by atoms with Gasteiger partial charge in [0, 0.05) is 32.5 Å². The summed E-state index contributed by atoms with van der Waals surface area (Å²) >= 11 is 0. The maximum Gasteiger partial charge on any atom is 0.322 e. The van der Waals surface area contributed by atoms with Gasteiger partial charge in [-0.15, -0.1) is 0 Å². The van der Waals surface area contributed by atoms with Crippen molar-refractivity contribution < 1.29 is 14.3 Å². The lowest BCUT2D eigenvalue weighted by atomic mass is 9.66. The number of rotatable bonds is 3. The van der Waals surface area contributed by atoms with Gasteiger partial charge in [-0.25, -0.2) is 4.79 Å². The van der Waals surface area contributed by atoms with Crippen molar-refractivity contribution >= 4 is 12.0 Å². The Morgan fingerprint density at radius 1 is 1.44 bits per heavy atom. The number of hydrogen-bond donors (Lipinski definition) is 0. The second-order valence-electron chi connectivity index (χ2n) is 5.56. The molecule has 1 spiro atoms. The molecule has 102 valence electrons. The second-order valence-corrected chi connectivity index (χ2v) is 5.56. The molecule has 1 aliphatic carbocycles. The van der Waals surface area contributed by atoms with Gasteiger partial charge in [-0.1, -0.05) is 13.3 Å². The highest BCUT2D eigenvalue weighted by Gasteiger charge is 2.54. The highest BCUT2D eigenvalue weighted by Crippen LogP contribution is 2.48. The van der Waals surface area contributed by atoms with Crippen LogP contribution in [-0.4, -0.2) is 48.7 Å². The molecule has 18 heavy (non-hydrogen) atoms. The lowest BCUT2D eigenvalue weighted by Gasteiger charge is -2.55. The van der Waals surface area contributed by atoms with Crippen molar-refractivity contribution in [2.75, 3.05) is 20.6 Å². The normalized spacial score (nSPS) is 26.2. The van der Waals surface area contributed by atoms with E-state index in [2.05, 4.69) is 0 Å². The maximum atomic E-state index is 12.0. The van der Waals surface area contributed by atoms with Crippen molar-refractivity contribution in [3.05, 3.63) is 0 Å². The number of esters is 1. The lowest BCUT2D eigenvalue weighted by Crippen LogP contribution is -2.65. The van der Waals surface area contributed by atoms with Crippen LogP contribution in [0, 0.1) is 5.41 Å². The molecule has 0 N–H and O–H groups in total. The van der Waals surface area contributed by atoms with Crippen molar-refractivity contribution in [3.63, 3.8) is 0 Å². The van der Waals surface area contributed by atoms with E-state index < -0.39 is 0 Å². The maximum absolute atomic E-state index is 12.0. The Morgan fingerprint density at radius 3 is 2.61 bits per heavy atom. The molecule has 2 amide bonds. The van der Waals surface area contributed by atoms with Crippen LogP contribution in [0.2, 0.25) is 0 Å². The Morgan fingerprint density at radius 2 is 2.11 bits per heavy atom. The van der Waals surface area contributed by atoms with E-state index in [1.54, 1.807) is 16.8 Å². The summed E-state index contributed by atoms with van der Waals surface area (Å²) in [5, 5.41) is 0. The predicted molar refractivity (Wildman–Crippen MR) is 66.9 cm³/mol. The molecule has 1 saturated carbocycles. The Bertz CT molecular complexity index is 352. The third kappa shape index (κ3) is 2.06. The highest BCUT2D eigenvalue weighted by molar-refractivity contribution is 5.76. The predicted octanol–water partition coefficient (Wildman–Crippen LogP) is 1.82. The molecule has 0 aromatic rings. The molecule has 2 fully saturated rings. The molecule has 0 radical (unpaired) electrons. The first-order valence-electron chi connectivity index (χ1n) is 6.67. The summed E-state index contributed by atoms with van der Waals surface area (Å²) in [5.74, 6) is -0.196. The Hall–Kier alpha value is -1.26. The van der Waals surface area contributed by atoms with Crippen molar-refractivity contribution in [2.45, 2.75) is 45.3 Å². The van der Waals surface area contributed by atoms with Crippen molar-refractivity contribution in [1.29, 1.82) is 0 Å². The topological polar surface area (TPSA) is 49.9 Å². The summed E-state index contributed by atoms with van der Waals surface area (Å²) in [6.45, 7) is 2.64. The summed E-state index contributed by atoms with van der Waals surface area (Å²) in [5.41, 5.74) is -0.0409. The zero-order valence-electron chi connectivity index (χ0n) is 11.4. The first-order valence-corrected chi connectivity index (χ1v) is 6.67. The molecular weight excluding hydrogens is 232 g/mol. The van der Waals surface area contributed by atoms with E-state index in [0.717, 1.165) is 25.7 Å². The van der Waals surface area contributed by atoms with Gasteiger partial charge < -0.3 is 9.64 Å². The Balaban J connectivity index is 2.13. The molecular formula is C13H22N2O3. The van der Waals surface area contributed by atoms with E-state index in [4.69, 9.17) is 4.74 Å². The summed E-state index contributed by atoms with van der Waals surface area (Å²) in [6.07, 6.45) is 4.02. The van der Waals surface area contributed by atoms with Crippen LogP contribution < -0.4 is 0 Å². The molecule has 0 aromatic carbocycles. The van der Waals surface area contributed by atoms with Gasteiger partial charge in [0.1, 0.15) is 0 Å². The summed E-state index contributed by atoms with van der Waals surface area (Å²) in [6, 6.07) is -0.0678. The van der Waals surface area contributed by atoms with Crippen LogP contribution in [0.1, 0.15) is 39.0 Å². The van der Waals surface area contributed by atoms with Crippen LogP contribution in [0.5, 0.6) is 0 Å². The molecule has 5 heteroatoms. The summed E-state index contributed by atoms with van der Waals surface area (Å²) < 4.78 is 5.56. The van der Waals surface area contributed by atoms with Gasteiger partial charge >= 0.3 is 12.0 Å². The molecule has 0 bridgehead atoms. The highest BCUT2D eigenvalue weighted by atomic mass is 16.6. The molecule has 5 nitrogen and oxygen atoms in total. The zero-order chi connectivity index (χ0) is 13.3. The minimum absolute atomic E-state index is 0.0409.